The Labute approximate surface area is 184 Å². The standard InChI is InChI=1S/C25H25F3N2O2/c1-32-20-11-7-16(8-12-20)24(31)30-19-9-5-15(6-10-19)21-4-2-3-17-13-18(25(26,27)28)14-22(29)23(17)21/h2-4,7-8,11-15,19H,5-6,9-10,29H2,1H3,(H,30,31). The lowest BCUT2D eigenvalue weighted by molar-refractivity contribution is -0.137. The highest BCUT2D eigenvalue weighted by molar-refractivity contribution is 5.97. The largest absolute Gasteiger partial charge is 0.497 e. The number of carbonyl (C=O) groups excluding carboxylic acids is 1. The van der Waals surface area contributed by atoms with Gasteiger partial charge in [-0.25, -0.2) is 0 Å². The van der Waals surface area contributed by atoms with Crippen LogP contribution in [0.3, 0.4) is 0 Å². The number of halogens is 3. The third-order valence-corrected chi connectivity index (χ3v) is 6.22. The van der Waals surface area contributed by atoms with Crippen molar-refractivity contribution in [3.8, 4) is 5.75 Å². The maximum Gasteiger partial charge on any atom is 0.416 e. The van der Waals surface area contributed by atoms with Crippen molar-refractivity contribution in [1.29, 1.82) is 0 Å². The van der Waals surface area contributed by atoms with Gasteiger partial charge in [-0.3, -0.25) is 4.79 Å². The van der Waals surface area contributed by atoms with E-state index in [-0.39, 0.29) is 23.6 Å². The third-order valence-electron chi connectivity index (χ3n) is 6.22. The molecule has 0 saturated heterocycles. The van der Waals surface area contributed by atoms with E-state index in [1.54, 1.807) is 43.5 Å². The quantitative estimate of drug-likeness (QED) is 0.494. The molecule has 4 rings (SSSR count). The van der Waals surface area contributed by atoms with Gasteiger partial charge in [-0.05, 0) is 78.9 Å². The van der Waals surface area contributed by atoms with Gasteiger partial charge in [0.2, 0.25) is 0 Å². The van der Waals surface area contributed by atoms with Crippen molar-refractivity contribution < 1.29 is 22.7 Å². The topological polar surface area (TPSA) is 64.3 Å². The monoisotopic (exact) mass is 442 g/mol. The summed E-state index contributed by atoms with van der Waals surface area (Å²) in [5.74, 6) is 0.760. The Bertz CT molecular complexity index is 1120. The fraction of sp³-hybridized carbons (Fsp3) is 0.320. The number of alkyl halides is 3. The summed E-state index contributed by atoms with van der Waals surface area (Å²) in [7, 11) is 1.58. The van der Waals surface area contributed by atoms with Gasteiger partial charge in [0, 0.05) is 22.7 Å². The number of rotatable bonds is 4. The Hall–Kier alpha value is -3.22. The number of amides is 1. The van der Waals surface area contributed by atoms with Gasteiger partial charge in [0.25, 0.3) is 5.91 Å². The maximum atomic E-state index is 13.2. The zero-order valence-electron chi connectivity index (χ0n) is 17.7. The van der Waals surface area contributed by atoms with E-state index in [2.05, 4.69) is 5.32 Å². The van der Waals surface area contributed by atoms with Crippen LogP contribution in [0.5, 0.6) is 5.75 Å². The second-order valence-electron chi connectivity index (χ2n) is 8.26. The first-order chi connectivity index (χ1) is 15.3. The molecule has 168 valence electrons. The Balaban J connectivity index is 1.46. The molecule has 4 nitrogen and oxygen atoms in total. The highest BCUT2D eigenvalue weighted by atomic mass is 19.4. The Kier molecular flexibility index (Phi) is 6.00. The average Bonchev–Trinajstić information content (AvgIpc) is 2.78. The minimum Gasteiger partial charge on any atom is -0.497 e. The summed E-state index contributed by atoms with van der Waals surface area (Å²) in [6, 6.07) is 14.6. The first-order valence-electron chi connectivity index (χ1n) is 10.6. The number of nitrogens with one attached hydrogen (secondary N) is 1. The Morgan fingerprint density at radius 3 is 2.34 bits per heavy atom. The lowest BCUT2D eigenvalue weighted by Gasteiger charge is -2.30. The number of ether oxygens (including phenoxy) is 1. The van der Waals surface area contributed by atoms with Crippen molar-refractivity contribution in [2.24, 2.45) is 0 Å². The lowest BCUT2D eigenvalue weighted by Crippen LogP contribution is -2.37. The molecule has 0 spiro atoms. The van der Waals surface area contributed by atoms with Gasteiger partial charge < -0.3 is 15.8 Å². The summed E-state index contributed by atoms with van der Waals surface area (Å²) in [4.78, 5) is 12.5. The Morgan fingerprint density at radius 2 is 1.72 bits per heavy atom. The summed E-state index contributed by atoms with van der Waals surface area (Å²) in [5.41, 5.74) is 7.05. The highest BCUT2D eigenvalue weighted by Crippen LogP contribution is 2.41. The first-order valence-corrected chi connectivity index (χ1v) is 10.6. The number of carbonyl (C=O) groups is 1. The smallest absolute Gasteiger partial charge is 0.416 e. The third kappa shape index (κ3) is 4.52. The minimum atomic E-state index is -4.43. The average molecular weight is 442 g/mol. The molecule has 1 aliphatic carbocycles. The molecule has 7 heteroatoms. The molecule has 0 aromatic heterocycles. The zero-order chi connectivity index (χ0) is 22.9. The Morgan fingerprint density at radius 1 is 1.03 bits per heavy atom. The normalized spacial score (nSPS) is 19.0. The molecule has 3 aromatic rings. The number of nitrogens with two attached hydrogens (primary N) is 1. The number of nitrogen functional groups attached to an aromatic ring is 1. The first kappa shape index (κ1) is 22.0. The van der Waals surface area contributed by atoms with Gasteiger partial charge in [-0.2, -0.15) is 13.2 Å². The number of methoxy groups -OCH3 is 1. The van der Waals surface area contributed by atoms with Gasteiger partial charge in [-0.1, -0.05) is 18.2 Å². The van der Waals surface area contributed by atoms with Gasteiger partial charge in [0.1, 0.15) is 5.75 Å². The molecule has 0 aliphatic heterocycles. The van der Waals surface area contributed by atoms with Gasteiger partial charge in [0.05, 0.1) is 12.7 Å². The van der Waals surface area contributed by atoms with Crippen LogP contribution in [0.4, 0.5) is 18.9 Å². The molecule has 3 N–H and O–H groups in total. The van der Waals surface area contributed by atoms with E-state index in [0.29, 0.717) is 22.1 Å². The minimum absolute atomic E-state index is 0.0602. The molecule has 32 heavy (non-hydrogen) atoms. The molecule has 1 saturated carbocycles. The van der Waals surface area contributed by atoms with Crippen molar-refractivity contribution in [2.45, 2.75) is 43.8 Å². The molecule has 1 aliphatic rings. The second-order valence-corrected chi connectivity index (χ2v) is 8.26. The van der Waals surface area contributed by atoms with Crippen LogP contribution in [0.2, 0.25) is 0 Å². The van der Waals surface area contributed by atoms with Crippen molar-refractivity contribution >= 4 is 22.4 Å². The number of hydrogen-bond donors (Lipinski definition) is 2. The molecule has 3 aromatic carbocycles. The molecule has 0 atom stereocenters. The van der Waals surface area contributed by atoms with Crippen LogP contribution in [0.25, 0.3) is 10.8 Å². The van der Waals surface area contributed by atoms with Gasteiger partial charge in [-0.15, -0.1) is 0 Å². The number of benzene rings is 3. The van der Waals surface area contributed by atoms with Crippen molar-refractivity contribution in [3.63, 3.8) is 0 Å². The fourth-order valence-corrected chi connectivity index (χ4v) is 4.56. The van der Waals surface area contributed by atoms with Crippen molar-refractivity contribution in [3.05, 3.63) is 71.3 Å². The van der Waals surface area contributed by atoms with Crippen LogP contribution in [0, 0.1) is 0 Å². The van der Waals surface area contributed by atoms with E-state index in [9.17, 15) is 18.0 Å². The van der Waals surface area contributed by atoms with Crippen LogP contribution in [-0.2, 0) is 6.18 Å². The molecular weight excluding hydrogens is 417 g/mol. The lowest BCUT2D eigenvalue weighted by atomic mass is 9.79. The van der Waals surface area contributed by atoms with E-state index in [0.717, 1.165) is 43.4 Å². The molecular formula is C25H25F3N2O2. The SMILES string of the molecule is COc1ccc(C(=O)NC2CCC(c3cccc4cc(C(F)(F)F)cc(N)c34)CC2)cc1. The molecule has 1 fully saturated rings. The van der Waals surface area contributed by atoms with Crippen LogP contribution < -0.4 is 15.8 Å². The van der Waals surface area contributed by atoms with Crippen LogP contribution in [0.1, 0.15) is 53.1 Å². The predicted octanol–water partition coefficient (Wildman–Crippen LogP) is 5.91. The summed E-state index contributed by atoms with van der Waals surface area (Å²) >= 11 is 0. The van der Waals surface area contributed by atoms with E-state index in [1.165, 1.54) is 0 Å². The number of hydrogen-bond acceptors (Lipinski definition) is 3. The summed E-state index contributed by atoms with van der Waals surface area (Å²) in [5, 5.41) is 4.29. The summed E-state index contributed by atoms with van der Waals surface area (Å²) in [6.45, 7) is 0. The highest BCUT2D eigenvalue weighted by Gasteiger charge is 2.32. The van der Waals surface area contributed by atoms with Gasteiger partial charge in [0.15, 0.2) is 0 Å². The van der Waals surface area contributed by atoms with Gasteiger partial charge >= 0.3 is 6.18 Å². The maximum absolute atomic E-state index is 13.2. The fourth-order valence-electron chi connectivity index (χ4n) is 4.56. The molecule has 1 amide bonds. The molecule has 0 bridgehead atoms. The van der Waals surface area contributed by atoms with E-state index in [1.807, 2.05) is 6.07 Å². The molecule has 0 unspecified atom stereocenters. The number of fused-ring (bicyclic) bond motifs is 1. The predicted molar refractivity (Wildman–Crippen MR) is 119 cm³/mol. The summed E-state index contributed by atoms with van der Waals surface area (Å²) < 4.78 is 44.6. The van der Waals surface area contributed by atoms with E-state index in [4.69, 9.17) is 10.5 Å². The van der Waals surface area contributed by atoms with Crippen molar-refractivity contribution in [2.75, 3.05) is 12.8 Å². The van der Waals surface area contributed by atoms with E-state index >= 15 is 0 Å². The second kappa shape index (κ2) is 8.73. The molecule has 0 radical (unpaired) electrons. The molecule has 0 heterocycles. The summed E-state index contributed by atoms with van der Waals surface area (Å²) in [6.07, 6.45) is -1.19. The van der Waals surface area contributed by atoms with Crippen LogP contribution in [0.15, 0.2) is 54.6 Å². The number of anilines is 1. The zero-order valence-corrected chi connectivity index (χ0v) is 17.7. The van der Waals surface area contributed by atoms with Crippen LogP contribution >= 0.6 is 0 Å². The van der Waals surface area contributed by atoms with Crippen LogP contribution in [-0.4, -0.2) is 19.1 Å². The van der Waals surface area contributed by atoms with E-state index < -0.39 is 11.7 Å². The van der Waals surface area contributed by atoms with Crippen molar-refractivity contribution in [1.82, 2.24) is 5.32 Å².